The fraction of sp³-hybridized carbons (Fsp3) is 0.800. The van der Waals surface area contributed by atoms with Crippen LogP contribution in [0, 0.1) is 34.5 Å². The SMILES string of the molecule is COC(=O)C1CCC2C3CC=C4CC(OC(=O)CCC(=O)O)CCC4(C)C3CCC12C. The minimum atomic E-state index is -0.972. The van der Waals surface area contributed by atoms with E-state index in [1.54, 1.807) is 0 Å². The first kappa shape index (κ1) is 22.3. The Morgan fingerprint density at radius 3 is 2.55 bits per heavy atom. The van der Waals surface area contributed by atoms with Gasteiger partial charge < -0.3 is 14.6 Å². The van der Waals surface area contributed by atoms with Gasteiger partial charge in [-0.2, -0.15) is 0 Å². The van der Waals surface area contributed by atoms with Crippen LogP contribution in [-0.2, 0) is 23.9 Å². The summed E-state index contributed by atoms with van der Waals surface area (Å²) in [5, 5.41) is 8.77. The van der Waals surface area contributed by atoms with E-state index in [1.165, 1.54) is 12.7 Å². The summed E-state index contributed by atoms with van der Waals surface area (Å²) in [6, 6.07) is 0. The summed E-state index contributed by atoms with van der Waals surface area (Å²) in [6.07, 6.45) is 9.95. The third-order valence-electron chi connectivity index (χ3n) is 9.39. The highest BCUT2D eigenvalue weighted by atomic mass is 16.5. The number of hydrogen-bond donors (Lipinski definition) is 1. The molecule has 0 amide bonds. The maximum atomic E-state index is 12.4. The van der Waals surface area contributed by atoms with Crippen molar-refractivity contribution in [3.63, 3.8) is 0 Å². The van der Waals surface area contributed by atoms with Crippen molar-refractivity contribution >= 4 is 17.9 Å². The van der Waals surface area contributed by atoms with E-state index in [-0.39, 0.29) is 41.7 Å². The third-order valence-corrected chi connectivity index (χ3v) is 9.39. The van der Waals surface area contributed by atoms with Crippen LogP contribution in [-0.4, -0.2) is 36.2 Å². The van der Waals surface area contributed by atoms with Crippen LogP contribution in [0.15, 0.2) is 11.6 Å². The van der Waals surface area contributed by atoms with Gasteiger partial charge >= 0.3 is 17.9 Å². The van der Waals surface area contributed by atoms with Gasteiger partial charge in [0.15, 0.2) is 0 Å². The van der Waals surface area contributed by atoms with Crippen LogP contribution in [0.5, 0.6) is 0 Å². The number of methoxy groups -OCH3 is 1. The number of ether oxygens (including phenoxy) is 2. The number of carboxylic acid groups (broad SMARTS) is 1. The Balaban J connectivity index is 1.46. The molecule has 7 atom stereocenters. The molecule has 0 radical (unpaired) electrons. The molecular weight excluding hydrogens is 396 g/mol. The van der Waals surface area contributed by atoms with Crippen molar-refractivity contribution in [2.24, 2.45) is 34.5 Å². The second-order valence-corrected chi connectivity index (χ2v) is 10.7. The standard InChI is InChI=1S/C25H36O6/c1-24-12-10-16(31-22(28)9-8-21(26)27)14-15(24)4-5-17-18-6-7-20(23(29)30-3)25(18,2)13-11-19(17)24/h4,16-20H,5-14H2,1-3H3,(H,26,27). The van der Waals surface area contributed by atoms with Gasteiger partial charge in [-0.1, -0.05) is 25.5 Å². The van der Waals surface area contributed by atoms with Gasteiger partial charge in [0.05, 0.1) is 25.9 Å². The quantitative estimate of drug-likeness (QED) is 0.508. The zero-order valence-corrected chi connectivity index (χ0v) is 19.0. The Bertz CT molecular complexity index is 787. The molecule has 3 saturated carbocycles. The van der Waals surface area contributed by atoms with Crippen LogP contribution in [0.2, 0.25) is 0 Å². The van der Waals surface area contributed by atoms with Gasteiger partial charge in [0, 0.05) is 6.42 Å². The lowest BCUT2D eigenvalue weighted by atomic mass is 9.47. The molecule has 0 aromatic heterocycles. The highest BCUT2D eigenvalue weighted by Gasteiger charge is 2.60. The lowest BCUT2D eigenvalue weighted by molar-refractivity contribution is -0.155. The summed E-state index contributed by atoms with van der Waals surface area (Å²) >= 11 is 0. The molecule has 7 unspecified atom stereocenters. The fourth-order valence-electron chi connectivity index (χ4n) is 7.71. The summed E-state index contributed by atoms with van der Waals surface area (Å²) in [4.78, 5) is 35.1. The Morgan fingerprint density at radius 1 is 1.06 bits per heavy atom. The number of esters is 2. The van der Waals surface area contributed by atoms with Crippen molar-refractivity contribution in [3.8, 4) is 0 Å². The molecule has 0 aromatic rings. The molecule has 0 saturated heterocycles. The Kier molecular flexibility index (Phi) is 5.95. The number of fused-ring (bicyclic) bond motifs is 5. The molecule has 0 aliphatic heterocycles. The highest BCUT2D eigenvalue weighted by Crippen LogP contribution is 2.66. The average Bonchev–Trinajstić information content (AvgIpc) is 3.09. The molecule has 31 heavy (non-hydrogen) atoms. The van der Waals surface area contributed by atoms with E-state index >= 15 is 0 Å². The van der Waals surface area contributed by atoms with Crippen molar-refractivity contribution in [1.82, 2.24) is 0 Å². The molecule has 4 rings (SSSR count). The maximum absolute atomic E-state index is 12.4. The number of hydrogen-bond acceptors (Lipinski definition) is 5. The lowest BCUT2D eigenvalue weighted by Crippen LogP contribution is -2.51. The summed E-state index contributed by atoms with van der Waals surface area (Å²) in [5.74, 6) is 0.409. The summed E-state index contributed by atoms with van der Waals surface area (Å²) < 4.78 is 10.8. The molecule has 6 nitrogen and oxygen atoms in total. The van der Waals surface area contributed by atoms with Crippen molar-refractivity contribution in [2.75, 3.05) is 7.11 Å². The number of carbonyl (C=O) groups excluding carboxylic acids is 2. The predicted octanol–water partition coefficient (Wildman–Crippen LogP) is 4.52. The first-order chi connectivity index (χ1) is 14.7. The van der Waals surface area contributed by atoms with Crippen molar-refractivity contribution < 1.29 is 29.0 Å². The minimum Gasteiger partial charge on any atom is -0.481 e. The predicted molar refractivity (Wildman–Crippen MR) is 114 cm³/mol. The monoisotopic (exact) mass is 432 g/mol. The van der Waals surface area contributed by atoms with Gasteiger partial charge in [0.2, 0.25) is 0 Å². The summed E-state index contributed by atoms with van der Waals surface area (Å²) in [5.41, 5.74) is 1.60. The van der Waals surface area contributed by atoms with Gasteiger partial charge in [-0.3, -0.25) is 14.4 Å². The maximum Gasteiger partial charge on any atom is 0.309 e. The molecule has 0 aromatic carbocycles. The molecule has 1 N–H and O–H groups in total. The second kappa shape index (κ2) is 8.25. The van der Waals surface area contributed by atoms with Crippen LogP contribution in [0.3, 0.4) is 0 Å². The smallest absolute Gasteiger partial charge is 0.309 e. The van der Waals surface area contributed by atoms with E-state index < -0.39 is 11.9 Å². The van der Waals surface area contributed by atoms with Crippen LogP contribution >= 0.6 is 0 Å². The van der Waals surface area contributed by atoms with Gasteiger partial charge in [0.1, 0.15) is 6.10 Å². The number of aliphatic carboxylic acids is 1. The van der Waals surface area contributed by atoms with E-state index in [0.717, 1.165) is 51.4 Å². The summed E-state index contributed by atoms with van der Waals surface area (Å²) in [7, 11) is 1.51. The number of allylic oxidation sites excluding steroid dienone is 1. The molecule has 4 aliphatic carbocycles. The van der Waals surface area contributed by atoms with E-state index in [2.05, 4.69) is 19.9 Å². The Hall–Kier alpha value is -1.85. The number of rotatable bonds is 5. The Morgan fingerprint density at radius 2 is 1.84 bits per heavy atom. The largest absolute Gasteiger partial charge is 0.481 e. The highest BCUT2D eigenvalue weighted by molar-refractivity contribution is 5.76. The molecule has 0 heterocycles. The average molecular weight is 433 g/mol. The summed E-state index contributed by atoms with van der Waals surface area (Å²) in [6.45, 7) is 4.71. The molecule has 6 heteroatoms. The normalized spacial score (nSPS) is 41.3. The van der Waals surface area contributed by atoms with Crippen LogP contribution in [0.1, 0.15) is 78.1 Å². The molecular formula is C25H36O6. The van der Waals surface area contributed by atoms with Gasteiger partial charge in [-0.05, 0) is 73.5 Å². The Labute approximate surface area is 184 Å². The molecule has 3 fully saturated rings. The van der Waals surface area contributed by atoms with Gasteiger partial charge in [-0.15, -0.1) is 0 Å². The van der Waals surface area contributed by atoms with E-state index in [9.17, 15) is 14.4 Å². The van der Waals surface area contributed by atoms with Crippen molar-refractivity contribution in [3.05, 3.63) is 11.6 Å². The second-order valence-electron chi connectivity index (χ2n) is 10.7. The van der Waals surface area contributed by atoms with Crippen molar-refractivity contribution in [1.29, 1.82) is 0 Å². The molecule has 0 bridgehead atoms. The van der Waals surface area contributed by atoms with E-state index in [4.69, 9.17) is 14.6 Å². The minimum absolute atomic E-state index is 0.0302. The van der Waals surface area contributed by atoms with Crippen LogP contribution in [0.4, 0.5) is 0 Å². The van der Waals surface area contributed by atoms with Gasteiger partial charge in [-0.25, -0.2) is 0 Å². The van der Waals surface area contributed by atoms with Crippen LogP contribution < -0.4 is 0 Å². The number of carboxylic acids is 1. The topological polar surface area (TPSA) is 89.9 Å². The molecule has 4 aliphatic rings. The first-order valence-electron chi connectivity index (χ1n) is 11.9. The van der Waals surface area contributed by atoms with Crippen molar-refractivity contribution in [2.45, 2.75) is 84.2 Å². The number of carbonyl (C=O) groups is 3. The first-order valence-corrected chi connectivity index (χ1v) is 11.9. The zero-order chi connectivity index (χ0) is 22.4. The van der Waals surface area contributed by atoms with E-state index in [1.807, 2.05) is 0 Å². The third kappa shape index (κ3) is 3.80. The van der Waals surface area contributed by atoms with Crippen LogP contribution in [0.25, 0.3) is 0 Å². The zero-order valence-electron chi connectivity index (χ0n) is 19.0. The van der Waals surface area contributed by atoms with Gasteiger partial charge in [0.25, 0.3) is 0 Å². The van der Waals surface area contributed by atoms with E-state index in [0.29, 0.717) is 17.8 Å². The molecule has 172 valence electrons. The lowest BCUT2D eigenvalue weighted by Gasteiger charge is -2.57. The fourth-order valence-corrected chi connectivity index (χ4v) is 7.71. The molecule has 0 spiro atoms.